The Balaban J connectivity index is 2.26. The highest BCUT2D eigenvalue weighted by Gasteiger charge is 2.13. The van der Waals surface area contributed by atoms with Crippen LogP contribution in [0, 0.1) is 0 Å². The number of methoxy groups -OCH3 is 1. The lowest BCUT2D eigenvalue weighted by molar-refractivity contribution is 0.413. The van der Waals surface area contributed by atoms with Crippen LogP contribution in [0.5, 0.6) is 5.75 Å². The molecular formula is C15H16Cl2N2O. The molecule has 0 fully saturated rings. The summed E-state index contributed by atoms with van der Waals surface area (Å²) in [6.45, 7) is 0. The minimum Gasteiger partial charge on any atom is -0.497 e. The van der Waals surface area contributed by atoms with Gasteiger partial charge in [0, 0.05) is 10.0 Å². The fourth-order valence-corrected chi connectivity index (χ4v) is 2.44. The summed E-state index contributed by atoms with van der Waals surface area (Å²) in [5.74, 6) is 6.46. The Bertz CT molecular complexity index is 590. The maximum absolute atomic E-state index is 6.19. The Morgan fingerprint density at radius 1 is 1.20 bits per heavy atom. The van der Waals surface area contributed by atoms with Crippen LogP contribution in [0.15, 0.2) is 42.5 Å². The van der Waals surface area contributed by atoms with Gasteiger partial charge in [0.2, 0.25) is 0 Å². The lowest BCUT2D eigenvalue weighted by atomic mass is 9.99. The highest BCUT2D eigenvalue weighted by atomic mass is 35.5. The maximum atomic E-state index is 6.19. The third-order valence-corrected chi connectivity index (χ3v) is 3.73. The number of hydrogen-bond donors (Lipinski definition) is 2. The second-order valence-electron chi connectivity index (χ2n) is 4.44. The fraction of sp³-hybridized carbons (Fsp3) is 0.200. The van der Waals surface area contributed by atoms with Crippen LogP contribution < -0.4 is 16.0 Å². The van der Waals surface area contributed by atoms with Crippen LogP contribution in [-0.4, -0.2) is 7.11 Å². The van der Waals surface area contributed by atoms with Crippen molar-refractivity contribution in [2.45, 2.75) is 12.5 Å². The van der Waals surface area contributed by atoms with Gasteiger partial charge in [-0.05, 0) is 47.9 Å². The highest BCUT2D eigenvalue weighted by molar-refractivity contribution is 6.33. The monoisotopic (exact) mass is 310 g/mol. The number of hydrazine groups is 1. The molecule has 0 radical (unpaired) electrons. The zero-order valence-corrected chi connectivity index (χ0v) is 12.6. The molecule has 0 aliphatic rings. The van der Waals surface area contributed by atoms with Gasteiger partial charge >= 0.3 is 0 Å². The van der Waals surface area contributed by atoms with E-state index in [4.69, 9.17) is 33.8 Å². The second kappa shape index (κ2) is 6.95. The van der Waals surface area contributed by atoms with E-state index in [0.717, 1.165) is 16.9 Å². The fourth-order valence-electron chi connectivity index (χ4n) is 2.05. The van der Waals surface area contributed by atoms with Crippen molar-refractivity contribution < 1.29 is 4.74 Å². The molecule has 2 aromatic carbocycles. The quantitative estimate of drug-likeness (QED) is 0.653. The number of rotatable bonds is 5. The van der Waals surface area contributed by atoms with Crippen LogP contribution in [-0.2, 0) is 6.42 Å². The van der Waals surface area contributed by atoms with E-state index in [0.29, 0.717) is 16.5 Å². The van der Waals surface area contributed by atoms with Crippen molar-refractivity contribution in [1.82, 2.24) is 5.43 Å². The first-order valence-electron chi connectivity index (χ1n) is 6.18. The van der Waals surface area contributed by atoms with Crippen LogP contribution in [0.25, 0.3) is 0 Å². The summed E-state index contributed by atoms with van der Waals surface area (Å²) in [5.41, 5.74) is 4.79. The van der Waals surface area contributed by atoms with E-state index in [-0.39, 0.29) is 6.04 Å². The average molecular weight is 311 g/mol. The zero-order valence-electron chi connectivity index (χ0n) is 11.1. The maximum Gasteiger partial charge on any atom is 0.119 e. The van der Waals surface area contributed by atoms with Gasteiger partial charge in [0.05, 0.1) is 13.2 Å². The van der Waals surface area contributed by atoms with Crippen LogP contribution in [0.2, 0.25) is 10.0 Å². The van der Waals surface area contributed by atoms with Crippen molar-refractivity contribution in [3.63, 3.8) is 0 Å². The Morgan fingerprint density at radius 2 is 2.00 bits per heavy atom. The molecule has 0 aliphatic carbocycles. The molecule has 2 rings (SSSR count). The van der Waals surface area contributed by atoms with Gasteiger partial charge in [0.25, 0.3) is 0 Å². The van der Waals surface area contributed by atoms with Gasteiger partial charge in [0.15, 0.2) is 0 Å². The van der Waals surface area contributed by atoms with E-state index in [1.807, 2.05) is 30.3 Å². The SMILES string of the molecule is COc1cccc(C(Cc2cc(Cl)ccc2Cl)NN)c1. The number of ether oxygens (including phenoxy) is 1. The topological polar surface area (TPSA) is 47.3 Å². The first kappa shape index (κ1) is 15.1. The van der Waals surface area contributed by atoms with Crippen molar-refractivity contribution in [2.75, 3.05) is 7.11 Å². The van der Waals surface area contributed by atoms with Crippen molar-refractivity contribution >= 4 is 23.2 Å². The van der Waals surface area contributed by atoms with Crippen molar-refractivity contribution in [2.24, 2.45) is 5.84 Å². The van der Waals surface area contributed by atoms with Crippen LogP contribution in [0.1, 0.15) is 17.2 Å². The largest absolute Gasteiger partial charge is 0.497 e. The Morgan fingerprint density at radius 3 is 2.70 bits per heavy atom. The van der Waals surface area contributed by atoms with Crippen molar-refractivity contribution in [3.8, 4) is 5.75 Å². The normalized spacial score (nSPS) is 12.2. The molecule has 0 aliphatic heterocycles. The van der Waals surface area contributed by atoms with Gasteiger partial charge in [-0.1, -0.05) is 35.3 Å². The molecule has 1 unspecified atom stereocenters. The van der Waals surface area contributed by atoms with E-state index >= 15 is 0 Å². The molecule has 0 bridgehead atoms. The molecule has 0 heterocycles. The molecule has 0 saturated carbocycles. The molecule has 0 aromatic heterocycles. The summed E-state index contributed by atoms with van der Waals surface area (Å²) in [7, 11) is 1.64. The smallest absolute Gasteiger partial charge is 0.119 e. The van der Waals surface area contributed by atoms with E-state index in [1.54, 1.807) is 19.2 Å². The summed E-state index contributed by atoms with van der Waals surface area (Å²) in [6.07, 6.45) is 0.642. The molecule has 0 spiro atoms. The van der Waals surface area contributed by atoms with Crippen LogP contribution in [0.3, 0.4) is 0 Å². The van der Waals surface area contributed by atoms with Crippen molar-refractivity contribution in [1.29, 1.82) is 0 Å². The molecule has 106 valence electrons. The molecule has 0 saturated heterocycles. The summed E-state index contributed by atoms with van der Waals surface area (Å²) in [6, 6.07) is 13.1. The predicted octanol–water partition coefficient (Wildman–Crippen LogP) is 3.75. The van der Waals surface area contributed by atoms with E-state index < -0.39 is 0 Å². The number of nitrogens with two attached hydrogens (primary N) is 1. The second-order valence-corrected chi connectivity index (χ2v) is 5.28. The standard InChI is InChI=1S/C15H16Cl2N2O/c1-20-13-4-2-3-10(8-13)15(19-18)9-11-7-12(16)5-6-14(11)17/h2-8,15,19H,9,18H2,1H3. The average Bonchev–Trinajstić information content (AvgIpc) is 2.48. The number of halogens is 2. The number of nitrogens with one attached hydrogen (secondary N) is 1. The Kier molecular flexibility index (Phi) is 5.26. The van der Waals surface area contributed by atoms with E-state index in [2.05, 4.69) is 5.43 Å². The van der Waals surface area contributed by atoms with Gasteiger partial charge in [-0.2, -0.15) is 0 Å². The summed E-state index contributed by atoms with van der Waals surface area (Å²) < 4.78 is 5.23. The first-order valence-corrected chi connectivity index (χ1v) is 6.93. The van der Waals surface area contributed by atoms with Gasteiger partial charge in [-0.3, -0.25) is 11.3 Å². The summed E-state index contributed by atoms with van der Waals surface area (Å²) in [4.78, 5) is 0. The minimum absolute atomic E-state index is 0.0685. The summed E-state index contributed by atoms with van der Waals surface area (Å²) >= 11 is 12.2. The molecule has 2 aromatic rings. The third-order valence-electron chi connectivity index (χ3n) is 3.13. The molecular weight excluding hydrogens is 295 g/mol. The first-order chi connectivity index (χ1) is 9.63. The number of hydrogen-bond acceptors (Lipinski definition) is 3. The summed E-state index contributed by atoms with van der Waals surface area (Å²) in [5, 5.41) is 1.34. The molecule has 1 atom stereocenters. The van der Waals surface area contributed by atoms with E-state index in [9.17, 15) is 0 Å². The van der Waals surface area contributed by atoms with Gasteiger partial charge < -0.3 is 4.74 Å². The van der Waals surface area contributed by atoms with Crippen LogP contribution >= 0.6 is 23.2 Å². The predicted molar refractivity (Wildman–Crippen MR) is 83.2 cm³/mol. The molecule has 3 nitrogen and oxygen atoms in total. The highest BCUT2D eigenvalue weighted by Crippen LogP contribution is 2.27. The van der Waals surface area contributed by atoms with E-state index in [1.165, 1.54) is 0 Å². The Labute approximate surface area is 128 Å². The molecule has 0 amide bonds. The Hall–Kier alpha value is -1.26. The lowest BCUT2D eigenvalue weighted by Crippen LogP contribution is -2.29. The molecule has 5 heteroatoms. The van der Waals surface area contributed by atoms with Crippen molar-refractivity contribution in [3.05, 3.63) is 63.6 Å². The zero-order chi connectivity index (χ0) is 14.5. The third kappa shape index (κ3) is 3.64. The molecule has 3 N–H and O–H groups in total. The molecule has 20 heavy (non-hydrogen) atoms. The lowest BCUT2D eigenvalue weighted by Gasteiger charge is -2.18. The van der Waals surface area contributed by atoms with Gasteiger partial charge in [-0.15, -0.1) is 0 Å². The number of benzene rings is 2. The minimum atomic E-state index is -0.0685. The van der Waals surface area contributed by atoms with Gasteiger partial charge in [-0.25, -0.2) is 0 Å². The van der Waals surface area contributed by atoms with Gasteiger partial charge in [0.1, 0.15) is 5.75 Å². The van der Waals surface area contributed by atoms with Crippen LogP contribution in [0.4, 0.5) is 0 Å².